The molecule has 1 saturated heterocycles. The number of likely N-dealkylation sites (tertiary alicyclic amines) is 1. The van der Waals surface area contributed by atoms with Crippen LogP contribution in [0.25, 0.3) is 0 Å². The summed E-state index contributed by atoms with van der Waals surface area (Å²) in [6.07, 6.45) is 7.35. The molecule has 2 aliphatic rings. The van der Waals surface area contributed by atoms with Crippen molar-refractivity contribution in [1.29, 1.82) is 0 Å². The van der Waals surface area contributed by atoms with E-state index in [2.05, 4.69) is 24.3 Å². The van der Waals surface area contributed by atoms with Gasteiger partial charge >= 0.3 is 0 Å². The minimum absolute atomic E-state index is 0.00726. The lowest BCUT2D eigenvalue weighted by Gasteiger charge is -2.43. The van der Waals surface area contributed by atoms with Crippen LogP contribution in [0.3, 0.4) is 0 Å². The Morgan fingerprint density at radius 1 is 1.16 bits per heavy atom. The number of piperidine rings is 1. The summed E-state index contributed by atoms with van der Waals surface area (Å²) >= 11 is 0. The molecule has 1 aromatic rings. The van der Waals surface area contributed by atoms with Gasteiger partial charge in [0.1, 0.15) is 17.6 Å². The van der Waals surface area contributed by atoms with E-state index in [1.165, 1.54) is 19.3 Å². The molecule has 7 nitrogen and oxygen atoms in total. The SMILES string of the molecule is COc1ccc(OC2CCN(C(C)=O)CC2)c(C(=O)NCC2(N(C)C)CCCCC2)c1. The second kappa shape index (κ2) is 10.4. The Hall–Kier alpha value is -2.28. The van der Waals surface area contributed by atoms with Crippen LogP contribution in [-0.4, -0.2) is 74.1 Å². The van der Waals surface area contributed by atoms with Crippen molar-refractivity contribution in [2.45, 2.75) is 63.5 Å². The molecule has 172 valence electrons. The molecule has 31 heavy (non-hydrogen) atoms. The Bertz CT molecular complexity index is 766. The highest BCUT2D eigenvalue weighted by Crippen LogP contribution is 2.32. The molecule has 0 radical (unpaired) electrons. The van der Waals surface area contributed by atoms with Gasteiger partial charge in [-0.3, -0.25) is 9.59 Å². The summed E-state index contributed by atoms with van der Waals surface area (Å²) in [4.78, 5) is 28.9. The molecule has 0 spiro atoms. The van der Waals surface area contributed by atoms with Crippen molar-refractivity contribution < 1.29 is 19.1 Å². The molecule has 0 aromatic heterocycles. The average molecular weight is 432 g/mol. The van der Waals surface area contributed by atoms with Gasteiger partial charge in [-0.1, -0.05) is 19.3 Å². The van der Waals surface area contributed by atoms with Gasteiger partial charge in [0, 0.05) is 44.9 Å². The minimum atomic E-state index is -0.137. The molecule has 7 heteroatoms. The Morgan fingerprint density at radius 2 is 1.84 bits per heavy atom. The first kappa shape index (κ1) is 23.4. The fourth-order valence-corrected chi connectivity index (χ4v) is 4.72. The normalized spacial score (nSPS) is 19.2. The van der Waals surface area contributed by atoms with Crippen LogP contribution in [-0.2, 0) is 4.79 Å². The maximum absolute atomic E-state index is 13.2. The smallest absolute Gasteiger partial charge is 0.255 e. The largest absolute Gasteiger partial charge is 0.497 e. The van der Waals surface area contributed by atoms with Gasteiger partial charge < -0.3 is 24.6 Å². The van der Waals surface area contributed by atoms with Crippen molar-refractivity contribution in [2.75, 3.05) is 40.8 Å². The van der Waals surface area contributed by atoms with E-state index in [1.807, 2.05) is 17.0 Å². The van der Waals surface area contributed by atoms with Crippen LogP contribution in [0.1, 0.15) is 62.2 Å². The highest BCUT2D eigenvalue weighted by molar-refractivity contribution is 5.97. The van der Waals surface area contributed by atoms with Crippen molar-refractivity contribution in [1.82, 2.24) is 15.1 Å². The molecule has 1 aliphatic heterocycles. The molecule has 1 aliphatic carbocycles. The van der Waals surface area contributed by atoms with Gasteiger partial charge in [-0.25, -0.2) is 0 Å². The maximum atomic E-state index is 13.2. The van der Waals surface area contributed by atoms with E-state index in [-0.39, 0.29) is 23.5 Å². The number of nitrogens with one attached hydrogen (secondary N) is 1. The number of carbonyl (C=O) groups is 2. The third-order valence-corrected chi connectivity index (χ3v) is 6.92. The topological polar surface area (TPSA) is 71.1 Å². The van der Waals surface area contributed by atoms with Gasteiger partial charge in [-0.15, -0.1) is 0 Å². The highest BCUT2D eigenvalue weighted by atomic mass is 16.5. The van der Waals surface area contributed by atoms with Crippen LogP contribution in [0, 0.1) is 0 Å². The first-order valence-electron chi connectivity index (χ1n) is 11.4. The Morgan fingerprint density at radius 3 is 2.42 bits per heavy atom. The van der Waals surface area contributed by atoms with E-state index in [1.54, 1.807) is 20.1 Å². The molecule has 2 fully saturated rings. The molecule has 3 rings (SSSR count). The number of carbonyl (C=O) groups excluding carboxylic acids is 2. The fraction of sp³-hybridized carbons (Fsp3) is 0.667. The first-order valence-corrected chi connectivity index (χ1v) is 11.4. The van der Waals surface area contributed by atoms with Crippen LogP contribution >= 0.6 is 0 Å². The summed E-state index contributed by atoms with van der Waals surface area (Å²) < 4.78 is 11.6. The summed E-state index contributed by atoms with van der Waals surface area (Å²) in [6.45, 7) is 3.58. The van der Waals surface area contributed by atoms with Crippen molar-refractivity contribution in [3.05, 3.63) is 23.8 Å². The Kier molecular flexibility index (Phi) is 7.81. The van der Waals surface area contributed by atoms with E-state index in [0.29, 0.717) is 36.7 Å². The number of hydrogen-bond donors (Lipinski definition) is 1. The first-order chi connectivity index (χ1) is 14.8. The van der Waals surface area contributed by atoms with Gasteiger partial charge in [0.05, 0.1) is 12.7 Å². The number of likely N-dealkylation sites (N-methyl/N-ethyl adjacent to an activating group) is 1. The Balaban J connectivity index is 1.70. The second-order valence-electron chi connectivity index (χ2n) is 9.05. The standard InChI is InChI=1S/C24H37N3O4/c1-18(28)27-14-10-19(11-15-27)31-22-9-8-20(30-4)16-21(22)23(29)25-17-24(26(2)3)12-6-5-7-13-24/h8-9,16,19H,5-7,10-15,17H2,1-4H3,(H,25,29). The zero-order chi connectivity index (χ0) is 22.4. The van der Waals surface area contributed by atoms with E-state index in [9.17, 15) is 9.59 Å². The van der Waals surface area contributed by atoms with E-state index < -0.39 is 0 Å². The van der Waals surface area contributed by atoms with Gasteiger partial charge in [-0.05, 0) is 45.1 Å². The molecule has 2 amide bonds. The molecule has 1 heterocycles. The van der Waals surface area contributed by atoms with Gasteiger partial charge in [0.25, 0.3) is 5.91 Å². The van der Waals surface area contributed by atoms with Crippen LogP contribution in [0.5, 0.6) is 11.5 Å². The van der Waals surface area contributed by atoms with Crippen LogP contribution < -0.4 is 14.8 Å². The van der Waals surface area contributed by atoms with E-state index in [0.717, 1.165) is 25.7 Å². The molecular formula is C24H37N3O4. The summed E-state index contributed by atoms with van der Waals surface area (Å²) in [7, 11) is 5.80. The van der Waals surface area contributed by atoms with Gasteiger partial charge in [0.15, 0.2) is 0 Å². The number of benzene rings is 1. The number of rotatable bonds is 7. The second-order valence-corrected chi connectivity index (χ2v) is 9.05. The van der Waals surface area contributed by atoms with Crippen molar-refractivity contribution >= 4 is 11.8 Å². The summed E-state index contributed by atoms with van der Waals surface area (Å²) in [5.74, 6) is 1.16. The summed E-state index contributed by atoms with van der Waals surface area (Å²) in [5, 5.41) is 3.17. The van der Waals surface area contributed by atoms with Crippen molar-refractivity contribution in [3.8, 4) is 11.5 Å². The van der Waals surface area contributed by atoms with Crippen molar-refractivity contribution in [3.63, 3.8) is 0 Å². The fourth-order valence-electron chi connectivity index (χ4n) is 4.72. The monoisotopic (exact) mass is 431 g/mol. The lowest BCUT2D eigenvalue weighted by molar-refractivity contribution is -0.130. The third kappa shape index (κ3) is 5.70. The lowest BCUT2D eigenvalue weighted by atomic mass is 9.80. The summed E-state index contributed by atoms with van der Waals surface area (Å²) in [5.41, 5.74) is 0.505. The molecule has 0 bridgehead atoms. The molecule has 1 aromatic carbocycles. The number of ether oxygens (including phenoxy) is 2. The predicted molar refractivity (Wildman–Crippen MR) is 121 cm³/mol. The molecule has 0 atom stereocenters. The zero-order valence-corrected chi connectivity index (χ0v) is 19.4. The maximum Gasteiger partial charge on any atom is 0.255 e. The molecule has 1 saturated carbocycles. The van der Waals surface area contributed by atoms with Crippen LogP contribution in [0.4, 0.5) is 0 Å². The van der Waals surface area contributed by atoms with Gasteiger partial charge in [-0.2, -0.15) is 0 Å². The van der Waals surface area contributed by atoms with Crippen LogP contribution in [0.2, 0.25) is 0 Å². The number of amides is 2. The zero-order valence-electron chi connectivity index (χ0n) is 19.4. The molecule has 0 unspecified atom stereocenters. The van der Waals surface area contributed by atoms with Crippen molar-refractivity contribution in [2.24, 2.45) is 0 Å². The van der Waals surface area contributed by atoms with E-state index in [4.69, 9.17) is 9.47 Å². The Labute approximate surface area is 186 Å². The average Bonchev–Trinajstić information content (AvgIpc) is 2.78. The number of nitrogens with zero attached hydrogens (tertiary/aromatic N) is 2. The van der Waals surface area contributed by atoms with E-state index >= 15 is 0 Å². The minimum Gasteiger partial charge on any atom is -0.497 e. The van der Waals surface area contributed by atoms with Gasteiger partial charge in [0.2, 0.25) is 5.91 Å². The lowest BCUT2D eigenvalue weighted by Crippen LogP contribution is -2.53. The predicted octanol–water partition coefficient (Wildman–Crippen LogP) is 3.08. The number of hydrogen-bond acceptors (Lipinski definition) is 5. The molecular weight excluding hydrogens is 394 g/mol. The van der Waals surface area contributed by atoms with Crippen LogP contribution in [0.15, 0.2) is 18.2 Å². The summed E-state index contributed by atoms with van der Waals surface area (Å²) in [6, 6.07) is 5.38. The number of methoxy groups -OCH3 is 1. The third-order valence-electron chi connectivity index (χ3n) is 6.92. The quantitative estimate of drug-likeness (QED) is 0.718. The molecule has 1 N–H and O–H groups in total. The highest BCUT2D eigenvalue weighted by Gasteiger charge is 2.35.